The van der Waals surface area contributed by atoms with E-state index in [0.29, 0.717) is 36.8 Å². The van der Waals surface area contributed by atoms with Crippen LogP contribution < -0.4 is 10.1 Å². The highest BCUT2D eigenvalue weighted by Gasteiger charge is 2.31. The monoisotopic (exact) mass is 335 g/mol. The van der Waals surface area contributed by atoms with Crippen LogP contribution in [0.3, 0.4) is 0 Å². The van der Waals surface area contributed by atoms with E-state index in [0.717, 1.165) is 0 Å². The number of urea groups is 1. The lowest BCUT2D eigenvalue weighted by Crippen LogP contribution is -2.46. The van der Waals surface area contributed by atoms with Gasteiger partial charge in [0.15, 0.2) is 11.6 Å². The topological polar surface area (TPSA) is 92.4 Å². The number of halogens is 1. The third-order valence-electron chi connectivity index (χ3n) is 3.88. The van der Waals surface area contributed by atoms with Crippen molar-refractivity contribution >= 4 is 11.7 Å². The van der Waals surface area contributed by atoms with Crippen LogP contribution in [0.2, 0.25) is 0 Å². The fourth-order valence-corrected chi connectivity index (χ4v) is 2.58. The molecule has 1 saturated heterocycles. The molecule has 2 heterocycles. The molecular weight excluding hydrogens is 317 g/mol. The van der Waals surface area contributed by atoms with Gasteiger partial charge in [-0.2, -0.15) is 5.10 Å². The molecule has 9 heteroatoms. The Morgan fingerprint density at radius 3 is 3.08 bits per heavy atom. The second-order valence-electron chi connectivity index (χ2n) is 5.39. The van der Waals surface area contributed by atoms with Gasteiger partial charge >= 0.3 is 6.03 Å². The Labute approximate surface area is 138 Å². The number of benzene rings is 1. The summed E-state index contributed by atoms with van der Waals surface area (Å²) in [6, 6.07) is 2.06. The maximum atomic E-state index is 13.9. The van der Waals surface area contributed by atoms with Gasteiger partial charge in [-0.05, 0) is 18.6 Å². The zero-order valence-corrected chi connectivity index (χ0v) is 13.4. The molecule has 0 unspecified atom stereocenters. The van der Waals surface area contributed by atoms with Gasteiger partial charge in [0.1, 0.15) is 18.2 Å². The fraction of sp³-hybridized carbons (Fsp3) is 0.400. The van der Waals surface area contributed by atoms with Crippen LogP contribution in [-0.4, -0.2) is 53.0 Å². The zero-order chi connectivity index (χ0) is 17.1. The van der Waals surface area contributed by atoms with Crippen molar-refractivity contribution in [2.75, 3.05) is 32.2 Å². The van der Waals surface area contributed by atoms with Gasteiger partial charge in [-0.15, -0.1) is 0 Å². The van der Waals surface area contributed by atoms with E-state index in [4.69, 9.17) is 9.47 Å². The van der Waals surface area contributed by atoms with E-state index >= 15 is 0 Å². The van der Waals surface area contributed by atoms with E-state index in [1.807, 2.05) is 0 Å². The number of hydrogen-bond acceptors (Lipinski definition) is 5. The molecule has 0 bridgehead atoms. The van der Waals surface area contributed by atoms with Crippen molar-refractivity contribution in [2.24, 2.45) is 0 Å². The molecule has 0 spiro atoms. The SMILES string of the molecule is COc1cc(C)c(NC(=O)N2CCOC[C@H]2c2ncn[nH]2)cc1F. The summed E-state index contributed by atoms with van der Waals surface area (Å²) < 4.78 is 24.2. The largest absolute Gasteiger partial charge is 0.494 e. The number of ether oxygens (including phenoxy) is 2. The Bertz CT molecular complexity index is 722. The first-order valence-corrected chi connectivity index (χ1v) is 7.45. The molecule has 0 radical (unpaired) electrons. The van der Waals surface area contributed by atoms with Crippen molar-refractivity contribution in [3.05, 3.63) is 35.7 Å². The minimum absolute atomic E-state index is 0.136. The number of carbonyl (C=O) groups excluding carboxylic acids is 1. The fourth-order valence-electron chi connectivity index (χ4n) is 2.58. The van der Waals surface area contributed by atoms with Crippen LogP contribution >= 0.6 is 0 Å². The molecule has 2 aromatic rings. The molecule has 1 fully saturated rings. The number of amides is 2. The predicted molar refractivity (Wildman–Crippen MR) is 83.4 cm³/mol. The Hall–Kier alpha value is -2.68. The summed E-state index contributed by atoms with van der Waals surface area (Å²) in [5.41, 5.74) is 1.09. The highest BCUT2D eigenvalue weighted by Crippen LogP contribution is 2.27. The van der Waals surface area contributed by atoms with Crippen LogP contribution in [0.1, 0.15) is 17.4 Å². The Balaban J connectivity index is 1.79. The standard InChI is InChI=1S/C15H18FN5O3/c1-9-5-13(23-2)10(16)6-11(9)19-15(22)21-3-4-24-7-12(21)14-17-8-18-20-14/h5-6,8,12H,3-4,7H2,1-2H3,(H,19,22)(H,17,18,20)/t12-/m0/s1. The number of H-pyrrole nitrogens is 1. The molecule has 0 aliphatic carbocycles. The van der Waals surface area contributed by atoms with Gasteiger partial charge in [-0.25, -0.2) is 14.2 Å². The lowest BCUT2D eigenvalue weighted by molar-refractivity contribution is 0.0118. The van der Waals surface area contributed by atoms with Crippen LogP contribution in [0, 0.1) is 12.7 Å². The summed E-state index contributed by atoms with van der Waals surface area (Å²) in [5, 5.41) is 9.30. The highest BCUT2D eigenvalue weighted by atomic mass is 19.1. The van der Waals surface area contributed by atoms with Crippen molar-refractivity contribution in [2.45, 2.75) is 13.0 Å². The molecule has 2 N–H and O–H groups in total. The lowest BCUT2D eigenvalue weighted by atomic mass is 10.1. The first-order valence-electron chi connectivity index (χ1n) is 7.45. The molecule has 3 rings (SSSR count). The number of aromatic amines is 1. The number of aryl methyl sites for hydroxylation is 1. The second-order valence-corrected chi connectivity index (χ2v) is 5.39. The van der Waals surface area contributed by atoms with Crippen LogP contribution in [0.5, 0.6) is 5.75 Å². The minimum Gasteiger partial charge on any atom is -0.494 e. The molecule has 8 nitrogen and oxygen atoms in total. The average molecular weight is 335 g/mol. The molecule has 2 amide bonds. The van der Waals surface area contributed by atoms with Crippen molar-refractivity contribution < 1.29 is 18.7 Å². The second kappa shape index (κ2) is 6.83. The van der Waals surface area contributed by atoms with Gasteiger partial charge in [-0.1, -0.05) is 0 Å². The quantitative estimate of drug-likeness (QED) is 0.893. The molecule has 1 aromatic heterocycles. The molecule has 1 aliphatic rings. The van der Waals surface area contributed by atoms with E-state index < -0.39 is 5.82 Å². The number of nitrogens with one attached hydrogen (secondary N) is 2. The molecule has 24 heavy (non-hydrogen) atoms. The number of nitrogens with zero attached hydrogens (tertiary/aromatic N) is 3. The summed E-state index contributed by atoms with van der Waals surface area (Å²) in [7, 11) is 1.39. The maximum Gasteiger partial charge on any atom is 0.322 e. The number of aromatic nitrogens is 3. The van der Waals surface area contributed by atoms with Crippen LogP contribution in [0.25, 0.3) is 0 Å². The van der Waals surface area contributed by atoms with E-state index in [1.54, 1.807) is 11.8 Å². The number of methoxy groups -OCH3 is 1. The number of hydrogen-bond donors (Lipinski definition) is 2. The van der Waals surface area contributed by atoms with Crippen LogP contribution in [0.15, 0.2) is 18.5 Å². The normalized spacial score (nSPS) is 17.6. The van der Waals surface area contributed by atoms with Crippen LogP contribution in [-0.2, 0) is 4.74 Å². The average Bonchev–Trinajstić information content (AvgIpc) is 3.12. The highest BCUT2D eigenvalue weighted by molar-refractivity contribution is 5.90. The molecule has 0 saturated carbocycles. The van der Waals surface area contributed by atoms with Gasteiger partial charge in [0.05, 0.1) is 20.3 Å². The number of anilines is 1. The van der Waals surface area contributed by atoms with E-state index in [2.05, 4.69) is 20.5 Å². The predicted octanol–water partition coefficient (Wildman–Crippen LogP) is 1.87. The molecular formula is C15H18FN5O3. The summed E-state index contributed by atoms with van der Waals surface area (Å²) in [4.78, 5) is 18.3. The Kier molecular flexibility index (Phi) is 4.61. The van der Waals surface area contributed by atoms with Gasteiger partial charge in [-0.3, -0.25) is 5.10 Å². The molecule has 128 valence electrons. The van der Waals surface area contributed by atoms with Gasteiger partial charge in [0.25, 0.3) is 0 Å². The van der Waals surface area contributed by atoms with E-state index in [9.17, 15) is 9.18 Å². The van der Waals surface area contributed by atoms with Gasteiger partial charge in [0.2, 0.25) is 0 Å². The third kappa shape index (κ3) is 3.16. The summed E-state index contributed by atoms with van der Waals surface area (Å²) in [6.45, 7) is 2.91. The maximum absolute atomic E-state index is 13.9. The molecule has 1 aromatic carbocycles. The Morgan fingerprint density at radius 1 is 1.54 bits per heavy atom. The third-order valence-corrected chi connectivity index (χ3v) is 3.88. The van der Waals surface area contributed by atoms with Crippen LogP contribution in [0.4, 0.5) is 14.9 Å². The van der Waals surface area contributed by atoms with Crippen molar-refractivity contribution in [1.29, 1.82) is 0 Å². The molecule has 1 atom stereocenters. The van der Waals surface area contributed by atoms with Crippen molar-refractivity contribution in [1.82, 2.24) is 20.1 Å². The lowest BCUT2D eigenvalue weighted by Gasteiger charge is -2.34. The zero-order valence-electron chi connectivity index (χ0n) is 13.4. The number of morpholine rings is 1. The first-order chi connectivity index (χ1) is 11.6. The summed E-state index contributed by atoms with van der Waals surface area (Å²) >= 11 is 0. The first kappa shape index (κ1) is 16.2. The smallest absolute Gasteiger partial charge is 0.322 e. The van der Waals surface area contributed by atoms with Crippen molar-refractivity contribution in [3.63, 3.8) is 0 Å². The van der Waals surface area contributed by atoms with Crippen molar-refractivity contribution in [3.8, 4) is 5.75 Å². The van der Waals surface area contributed by atoms with E-state index in [1.165, 1.54) is 25.6 Å². The summed E-state index contributed by atoms with van der Waals surface area (Å²) in [6.07, 6.45) is 1.38. The Morgan fingerprint density at radius 2 is 2.38 bits per heavy atom. The number of rotatable bonds is 3. The molecule has 1 aliphatic heterocycles. The number of carbonyl (C=O) groups is 1. The van der Waals surface area contributed by atoms with Gasteiger partial charge < -0.3 is 19.7 Å². The minimum atomic E-state index is -0.535. The van der Waals surface area contributed by atoms with E-state index in [-0.39, 0.29) is 17.8 Å². The summed E-state index contributed by atoms with van der Waals surface area (Å²) in [5.74, 6) is 0.144. The van der Waals surface area contributed by atoms with Gasteiger partial charge in [0, 0.05) is 18.3 Å².